The average Bonchev–Trinajstić information content (AvgIpc) is 2.74. The van der Waals surface area contributed by atoms with Gasteiger partial charge in [0.2, 0.25) is 0 Å². The molecule has 0 fully saturated rings. The summed E-state index contributed by atoms with van der Waals surface area (Å²) < 4.78 is 39.3. The molecule has 1 aliphatic heterocycles. The Hall–Kier alpha value is -3.23. The molecule has 0 aliphatic carbocycles. The minimum atomic E-state index is -3.89. The van der Waals surface area contributed by atoms with Crippen LogP contribution in [0.4, 0.5) is 11.4 Å². The lowest BCUT2D eigenvalue weighted by Crippen LogP contribution is -2.18. The Morgan fingerprint density at radius 1 is 0.969 bits per heavy atom. The molecule has 0 atom stereocenters. The van der Waals surface area contributed by atoms with Gasteiger partial charge in [-0.1, -0.05) is 29.8 Å². The molecular weight excluding hydrogens is 452 g/mol. The molecule has 1 aliphatic rings. The third-order valence-corrected chi connectivity index (χ3v) is 6.61. The number of amides is 1. The number of benzene rings is 3. The number of rotatable bonds is 5. The van der Waals surface area contributed by atoms with Gasteiger partial charge in [-0.3, -0.25) is 9.52 Å². The molecule has 0 spiro atoms. The first kappa shape index (κ1) is 22.0. The molecule has 32 heavy (non-hydrogen) atoms. The fraction of sp³-hybridized carbons (Fsp3) is 0.174. The largest absolute Gasteiger partial charge is 0.486 e. The Morgan fingerprint density at radius 2 is 1.69 bits per heavy atom. The van der Waals surface area contributed by atoms with Crippen LogP contribution in [0.2, 0.25) is 5.02 Å². The van der Waals surface area contributed by atoms with Crippen LogP contribution in [0.1, 0.15) is 21.5 Å². The highest BCUT2D eigenvalue weighted by Crippen LogP contribution is 2.38. The van der Waals surface area contributed by atoms with Gasteiger partial charge in [-0.05, 0) is 49.2 Å². The van der Waals surface area contributed by atoms with Crippen LogP contribution in [-0.2, 0) is 10.0 Å². The van der Waals surface area contributed by atoms with Gasteiger partial charge in [0, 0.05) is 23.4 Å². The van der Waals surface area contributed by atoms with E-state index >= 15 is 0 Å². The van der Waals surface area contributed by atoms with Crippen LogP contribution in [0.3, 0.4) is 0 Å². The number of hydrogen-bond donors (Lipinski definition) is 2. The van der Waals surface area contributed by atoms with Crippen molar-refractivity contribution in [1.29, 1.82) is 0 Å². The Balaban J connectivity index is 1.60. The highest BCUT2D eigenvalue weighted by molar-refractivity contribution is 7.92. The monoisotopic (exact) mass is 472 g/mol. The molecule has 9 heteroatoms. The first-order valence-electron chi connectivity index (χ1n) is 9.83. The average molecular weight is 473 g/mol. The van der Waals surface area contributed by atoms with Crippen LogP contribution in [0.15, 0.2) is 59.5 Å². The maximum Gasteiger partial charge on any atom is 0.261 e. The molecule has 166 valence electrons. The number of ether oxygens (including phenoxy) is 2. The SMILES string of the molecule is Cc1cccc(NS(=O)(=O)c2ccc(C)c(C(=O)Nc3cc4c(cc3Cl)OCCO4)c2)c1. The van der Waals surface area contributed by atoms with Crippen molar-refractivity contribution in [2.24, 2.45) is 0 Å². The maximum atomic E-state index is 13.0. The topological polar surface area (TPSA) is 93.7 Å². The second-order valence-electron chi connectivity index (χ2n) is 7.38. The summed E-state index contributed by atoms with van der Waals surface area (Å²) in [6, 6.07) is 14.6. The quantitative estimate of drug-likeness (QED) is 0.557. The van der Waals surface area contributed by atoms with Crippen molar-refractivity contribution in [3.8, 4) is 11.5 Å². The van der Waals surface area contributed by atoms with E-state index in [1.165, 1.54) is 12.1 Å². The Kier molecular flexibility index (Phi) is 5.99. The number of carbonyl (C=O) groups excluding carboxylic acids is 1. The summed E-state index contributed by atoms with van der Waals surface area (Å²) in [5.41, 5.74) is 2.53. The first-order chi connectivity index (χ1) is 15.2. The minimum absolute atomic E-state index is 0.0250. The van der Waals surface area contributed by atoms with Crippen molar-refractivity contribution in [2.45, 2.75) is 18.7 Å². The lowest BCUT2D eigenvalue weighted by Gasteiger charge is -2.20. The molecule has 3 aromatic carbocycles. The third-order valence-electron chi connectivity index (χ3n) is 4.91. The zero-order chi connectivity index (χ0) is 22.9. The molecule has 1 amide bonds. The van der Waals surface area contributed by atoms with E-state index in [-0.39, 0.29) is 15.5 Å². The van der Waals surface area contributed by atoms with Crippen LogP contribution < -0.4 is 19.5 Å². The summed E-state index contributed by atoms with van der Waals surface area (Å²) in [6.45, 7) is 4.42. The van der Waals surface area contributed by atoms with Crippen LogP contribution in [-0.4, -0.2) is 27.5 Å². The predicted molar refractivity (Wildman–Crippen MR) is 124 cm³/mol. The van der Waals surface area contributed by atoms with Gasteiger partial charge in [-0.15, -0.1) is 0 Å². The molecule has 0 aromatic heterocycles. The molecule has 0 bridgehead atoms. The van der Waals surface area contributed by atoms with Gasteiger partial charge in [-0.25, -0.2) is 8.42 Å². The van der Waals surface area contributed by atoms with E-state index < -0.39 is 15.9 Å². The molecule has 3 aromatic rings. The summed E-state index contributed by atoms with van der Waals surface area (Å²) in [7, 11) is -3.89. The molecule has 7 nitrogen and oxygen atoms in total. The number of halogens is 1. The third kappa shape index (κ3) is 4.66. The first-order valence-corrected chi connectivity index (χ1v) is 11.7. The lowest BCUT2D eigenvalue weighted by atomic mass is 10.1. The molecule has 1 heterocycles. The van der Waals surface area contributed by atoms with E-state index in [4.69, 9.17) is 21.1 Å². The zero-order valence-electron chi connectivity index (χ0n) is 17.4. The Bertz CT molecular complexity index is 1310. The second-order valence-corrected chi connectivity index (χ2v) is 9.47. The number of sulfonamides is 1. The summed E-state index contributed by atoms with van der Waals surface area (Å²) in [5.74, 6) is 0.491. The Morgan fingerprint density at radius 3 is 2.41 bits per heavy atom. The molecular formula is C23H21ClN2O5S. The molecule has 0 unspecified atom stereocenters. The van der Waals surface area contributed by atoms with Gasteiger partial charge in [0.05, 0.1) is 15.6 Å². The van der Waals surface area contributed by atoms with Gasteiger partial charge in [0.25, 0.3) is 15.9 Å². The van der Waals surface area contributed by atoms with Crippen molar-refractivity contribution in [3.63, 3.8) is 0 Å². The van der Waals surface area contributed by atoms with Gasteiger partial charge in [0.15, 0.2) is 11.5 Å². The van der Waals surface area contributed by atoms with Crippen molar-refractivity contribution in [1.82, 2.24) is 0 Å². The predicted octanol–water partition coefficient (Wildman–Crippen LogP) is 4.78. The standard InChI is InChI=1S/C23H21ClN2O5S/c1-14-4-3-5-16(10-14)26-32(28,29)17-7-6-15(2)18(11-17)23(27)25-20-13-22-21(12-19(20)24)30-8-9-31-22/h3-7,10-13,26H,8-9H2,1-2H3,(H,25,27). The molecule has 2 N–H and O–H groups in total. The summed E-state index contributed by atoms with van der Waals surface area (Å²) in [6.07, 6.45) is 0. The number of aryl methyl sites for hydroxylation is 2. The lowest BCUT2D eigenvalue weighted by molar-refractivity contribution is 0.102. The van der Waals surface area contributed by atoms with Crippen LogP contribution >= 0.6 is 11.6 Å². The Labute approximate surface area is 191 Å². The van der Waals surface area contributed by atoms with Crippen LogP contribution in [0.25, 0.3) is 0 Å². The van der Waals surface area contributed by atoms with E-state index in [9.17, 15) is 13.2 Å². The number of carbonyl (C=O) groups is 1. The molecule has 4 rings (SSSR count). The number of nitrogens with one attached hydrogen (secondary N) is 2. The summed E-state index contributed by atoms with van der Waals surface area (Å²) in [4.78, 5) is 13.0. The fourth-order valence-corrected chi connectivity index (χ4v) is 4.56. The van der Waals surface area contributed by atoms with Gasteiger partial charge in [-0.2, -0.15) is 0 Å². The van der Waals surface area contributed by atoms with E-state index in [0.29, 0.717) is 41.7 Å². The normalized spacial score (nSPS) is 12.8. The number of hydrogen-bond acceptors (Lipinski definition) is 5. The zero-order valence-corrected chi connectivity index (χ0v) is 19.0. The number of anilines is 2. The van der Waals surface area contributed by atoms with Gasteiger partial charge in [0.1, 0.15) is 13.2 Å². The van der Waals surface area contributed by atoms with E-state index in [2.05, 4.69) is 10.0 Å². The molecule has 0 saturated carbocycles. The fourth-order valence-electron chi connectivity index (χ4n) is 3.28. The summed E-state index contributed by atoms with van der Waals surface area (Å²) >= 11 is 6.28. The molecule has 0 saturated heterocycles. The highest BCUT2D eigenvalue weighted by Gasteiger charge is 2.21. The van der Waals surface area contributed by atoms with Crippen molar-refractivity contribution in [3.05, 3.63) is 76.3 Å². The van der Waals surface area contributed by atoms with E-state index in [0.717, 1.165) is 5.56 Å². The van der Waals surface area contributed by atoms with Gasteiger partial charge < -0.3 is 14.8 Å². The van der Waals surface area contributed by atoms with Crippen LogP contribution in [0.5, 0.6) is 11.5 Å². The molecule has 0 radical (unpaired) electrons. The second kappa shape index (κ2) is 8.72. The number of fused-ring (bicyclic) bond motifs is 1. The van der Waals surface area contributed by atoms with Crippen molar-refractivity contribution >= 4 is 38.9 Å². The maximum absolute atomic E-state index is 13.0. The van der Waals surface area contributed by atoms with E-state index in [1.807, 2.05) is 13.0 Å². The smallest absolute Gasteiger partial charge is 0.261 e. The summed E-state index contributed by atoms with van der Waals surface area (Å²) in [5, 5.41) is 3.01. The minimum Gasteiger partial charge on any atom is -0.486 e. The van der Waals surface area contributed by atoms with E-state index in [1.54, 1.807) is 43.3 Å². The van der Waals surface area contributed by atoms with Gasteiger partial charge >= 0.3 is 0 Å². The highest BCUT2D eigenvalue weighted by atomic mass is 35.5. The van der Waals surface area contributed by atoms with Crippen LogP contribution in [0, 0.1) is 13.8 Å². The van der Waals surface area contributed by atoms with Crippen molar-refractivity contribution < 1.29 is 22.7 Å². The van der Waals surface area contributed by atoms with Crippen molar-refractivity contribution in [2.75, 3.05) is 23.3 Å².